The maximum Gasteiger partial charge on any atom is 0.140 e. The number of amidine groups is 1. The first kappa shape index (κ1) is 12.3. The second kappa shape index (κ2) is 6.63. The van der Waals surface area contributed by atoms with E-state index in [0.717, 1.165) is 32.4 Å². The van der Waals surface area contributed by atoms with Crippen molar-refractivity contribution in [3.63, 3.8) is 0 Å². The van der Waals surface area contributed by atoms with Crippen molar-refractivity contribution in [1.29, 1.82) is 0 Å². The summed E-state index contributed by atoms with van der Waals surface area (Å²) in [7, 11) is 0. The molecule has 1 heterocycles. The second-order valence-electron chi connectivity index (χ2n) is 3.94. The van der Waals surface area contributed by atoms with E-state index in [9.17, 15) is 0 Å². The first-order valence-electron chi connectivity index (χ1n) is 5.57. The Kier molecular flexibility index (Phi) is 5.42. The molecule has 5 heteroatoms. The van der Waals surface area contributed by atoms with Crippen LogP contribution in [0.15, 0.2) is 5.16 Å². The lowest BCUT2D eigenvalue weighted by atomic mass is 10.1. The van der Waals surface area contributed by atoms with Crippen molar-refractivity contribution in [2.24, 2.45) is 10.9 Å². The highest BCUT2D eigenvalue weighted by Crippen LogP contribution is 2.11. The third-order valence-corrected chi connectivity index (χ3v) is 2.73. The van der Waals surface area contributed by atoms with E-state index in [2.05, 4.69) is 17.4 Å². The molecular weight excluding hydrogens is 194 g/mol. The molecule has 2 atom stereocenters. The Bertz CT molecular complexity index is 203. The highest BCUT2D eigenvalue weighted by atomic mass is 16.5. The number of oxime groups is 1. The lowest BCUT2D eigenvalue weighted by Gasteiger charge is -2.18. The summed E-state index contributed by atoms with van der Waals surface area (Å²) in [5.74, 6) is 0.279. The fraction of sp³-hybridized carbons (Fsp3) is 0.900. The van der Waals surface area contributed by atoms with E-state index in [-0.39, 0.29) is 11.9 Å². The van der Waals surface area contributed by atoms with Crippen LogP contribution >= 0.6 is 0 Å². The molecule has 0 aromatic heterocycles. The lowest BCUT2D eigenvalue weighted by molar-refractivity contribution is 0.107. The van der Waals surface area contributed by atoms with Crippen LogP contribution in [0.2, 0.25) is 0 Å². The van der Waals surface area contributed by atoms with E-state index in [1.807, 2.05) is 0 Å². The Morgan fingerprint density at radius 1 is 1.73 bits per heavy atom. The minimum absolute atomic E-state index is 0.269. The van der Waals surface area contributed by atoms with Crippen molar-refractivity contribution in [2.75, 3.05) is 13.2 Å². The summed E-state index contributed by atoms with van der Waals surface area (Å²) in [5.41, 5.74) is 5.46. The predicted molar refractivity (Wildman–Crippen MR) is 59.1 cm³/mol. The molecule has 1 saturated heterocycles. The minimum Gasteiger partial charge on any atom is -0.409 e. The molecule has 4 N–H and O–H groups in total. The summed E-state index contributed by atoms with van der Waals surface area (Å²) >= 11 is 0. The van der Waals surface area contributed by atoms with Crippen molar-refractivity contribution in [2.45, 2.75) is 44.8 Å². The number of ether oxygens (including phenoxy) is 1. The topological polar surface area (TPSA) is 79.9 Å². The van der Waals surface area contributed by atoms with Crippen molar-refractivity contribution in [1.82, 2.24) is 5.32 Å². The zero-order chi connectivity index (χ0) is 11.1. The van der Waals surface area contributed by atoms with E-state index in [4.69, 9.17) is 15.7 Å². The van der Waals surface area contributed by atoms with E-state index >= 15 is 0 Å². The van der Waals surface area contributed by atoms with Crippen LogP contribution in [0, 0.1) is 0 Å². The van der Waals surface area contributed by atoms with Gasteiger partial charge in [0.15, 0.2) is 0 Å². The summed E-state index contributed by atoms with van der Waals surface area (Å²) in [6.45, 7) is 3.82. The SMILES string of the molecule is CCC(CC(N)=NO)NCC1CCCO1. The van der Waals surface area contributed by atoms with Gasteiger partial charge in [0.1, 0.15) is 5.84 Å². The highest BCUT2D eigenvalue weighted by Gasteiger charge is 2.17. The van der Waals surface area contributed by atoms with Crippen LogP contribution in [0.3, 0.4) is 0 Å². The third kappa shape index (κ3) is 4.48. The first-order chi connectivity index (χ1) is 7.26. The quantitative estimate of drug-likeness (QED) is 0.263. The van der Waals surface area contributed by atoms with Gasteiger partial charge in [-0.05, 0) is 19.3 Å². The average Bonchev–Trinajstić information content (AvgIpc) is 2.76. The van der Waals surface area contributed by atoms with Crippen LogP contribution in [0.1, 0.15) is 32.6 Å². The molecule has 1 aliphatic heterocycles. The van der Waals surface area contributed by atoms with Crippen LogP contribution in [-0.2, 0) is 4.74 Å². The van der Waals surface area contributed by atoms with Gasteiger partial charge in [0.25, 0.3) is 0 Å². The van der Waals surface area contributed by atoms with Crippen molar-refractivity contribution >= 4 is 5.84 Å². The predicted octanol–water partition coefficient (Wildman–Crippen LogP) is 0.670. The zero-order valence-corrected chi connectivity index (χ0v) is 9.28. The van der Waals surface area contributed by atoms with Gasteiger partial charge in [-0.15, -0.1) is 0 Å². The van der Waals surface area contributed by atoms with Crippen LogP contribution in [-0.4, -0.2) is 36.3 Å². The van der Waals surface area contributed by atoms with Gasteiger partial charge in [-0.1, -0.05) is 12.1 Å². The van der Waals surface area contributed by atoms with Gasteiger partial charge in [0.05, 0.1) is 6.10 Å². The number of nitrogens with zero attached hydrogens (tertiary/aromatic N) is 1. The van der Waals surface area contributed by atoms with Crippen LogP contribution in [0.25, 0.3) is 0 Å². The standard InChI is InChI=1S/C10H21N3O2/c1-2-8(6-10(11)13-14)12-7-9-4-3-5-15-9/h8-9,12,14H,2-7H2,1H3,(H2,11,13). The molecule has 2 unspecified atom stereocenters. The van der Waals surface area contributed by atoms with Gasteiger partial charge in [0, 0.05) is 25.6 Å². The van der Waals surface area contributed by atoms with Gasteiger partial charge in [-0.2, -0.15) is 0 Å². The van der Waals surface area contributed by atoms with E-state index in [1.54, 1.807) is 0 Å². The van der Waals surface area contributed by atoms with Gasteiger partial charge in [0.2, 0.25) is 0 Å². The highest BCUT2D eigenvalue weighted by molar-refractivity contribution is 5.80. The number of nitrogens with two attached hydrogens (primary N) is 1. The molecule has 0 radical (unpaired) electrons. The Labute approximate surface area is 90.7 Å². The first-order valence-corrected chi connectivity index (χ1v) is 5.57. The molecule has 0 spiro atoms. The third-order valence-electron chi connectivity index (χ3n) is 2.73. The van der Waals surface area contributed by atoms with Gasteiger partial charge in [-0.25, -0.2) is 0 Å². The Morgan fingerprint density at radius 3 is 3.07 bits per heavy atom. The molecule has 1 fully saturated rings. The van der Waals surface area contributed by atoms with E-state index in [0.29, 0.717) is 12.5 Å². The summed E-state index contributed by atoms with van der Waals surface area (Å²) in [6.07, 6.45) is 4.17. The van der Waals surface area contributed by atoms with E-state index in [1.165, 1.54) is 0 Å². The smallest absolute Gasteiger partial charge is 0.140 e. The molecule has 88 valence electrons. The molecule has 0 aromatic rings. The summed E-state index contributed by atoms with van der Waals surface area (Å²) in [4.78, 5) is 0. The molecule has 15 heavy (non-hydrogen) atoms. The maximum absolute atomic E-state index is 8.47. The fourth-order valence-corrected chi connectivity index (χ4v) is 1.76. The molecular formula is C10H21N3O2. The normalized spacial score (nSPS) is 24.3. The largest absolute Gasteiger partial charge is 0.409 e. The Hall–Kier alpha value is -0.810. The maximum atomic E-state index is 8.47. The minimum atomic E-state index is 0.269. The number of hydrogen-bond acceptors (Lipinski definition) is 4. The Morgan fingerprint density at radius 2 is 2.53 bits per heavy atom. The van der Waals surface area contributed by atoms with E-state index < -0.39 is 0 Å². The fourth-order valence-electron chi connectivity index (χ4n) is 1.76. The summed E-state index contributed by atoms with van der Waals surface area (Å²) in [5, 5.41) is 14.8. The van der Waals surface area contributed by atoms with Gasteiger partial charge >= 0.3 is 0 Å². The molecule has 0 aromatic carbocycles. The molecule has 0 bridgehead atoms. The van der Waals surface area contributed by atoms with Gasteiger partial charge < -0.3 is 21.0 Å². The molecule has 0 amide bonds. The number of hydrogen-bond donors (Lipinski definition) is 3. The van der Waals surface area contributed by atoms with Crippen molar-refractivity contribution in [3.05, 3.63) is 0 Å². The molecule has 0 saturated carbocycles. The second-order valence-corrected chi connectivity index (χ2v) is 3.94. The average molecular weight is 215 g/mol. The van der Waals surface area contributed by atoms with Gasteiger partial charge in [-0.3, -0.25) is 0 Å². The van der Waals surface area contributed by atoms with Crippen molar-refractivity contribution < 1.29 is 9.94 Å². The summed E-state index contributed by atoms with van der Waals surface area (Å²) < 4.78 is 5.51. The monoisotopic (exact) mass is 215 g/mol. The van der Waals surface area contributed by atoms with Crippen LogP contribution in [0.4, 0.5) is 0 Å². The van der Waals surface area contributed by atoms with Crippen molar-refractivity contribution in [3.8, 4) is 0 Å². The summed E-state index contributed by atoms with van der Waals surface area (Å²) in [6, 6.07) is 0.269. The molecule has 5 nitrogen and oxygen atoms in total. The lowest BCUT2D eigenvalue weighted by Crippen LogP contribution is -2.37. The number of rotatable bonds is 6. The van der Waals surface area contributed by atoms with Crippen LogP contribution in [0.5, 0.6) is 0 Å². The Balaban J connectivity index is 2.20. The van der Waals surface area contributed by atoms with Crippen LogP contribution < -0.4 is 11.1 Å². The molecule has 1 aliphatic rings. The molecule has 0 aliphatic carbocycles. The number of nitrogens with one attached hydrogen (secondary N) is 1. The molecule has 1 rings (SSSR count). The zero-order valence-electron chi connectivity index (χ0n) is 9.28.